The number of hydrogen-bond acceptors (Lipinski definition) is 4. The van der Waals surface area contributed by atoms with Gasteiger partial charge in [-0.15, -0.1) is 0 Å². The zero-order valence-electron chi connectivity index (χ0n) is 9.95. The number of sulfonamides is 1. The maximum atomic E-state index is 12.0. The number of hydrogen-bond donors (Lipinski definition) is 3. The topological polar surface area (TPSA) is 86.6 Å². The van der Waals surface area contributed by atoms with E-state index >= 15 is 0 Å². The van der Waals surface area contributed by atoms with Crippen molar-refractivity contribution in [3.05, 3.63) is 54.1 Å². The molecule has 0 saturated carbocycles. The molecule has 0 bridgehead atoms. The Bertz CT molecular complexity index is 665. The summed E-state index contributed by atoms with van der Waals surface area (Å²) in [6.07, 6.45) is 0. The fraction of sp³-hybridized carbons (Fsp3) is 0.0769. The second-order valence-corrected chi connectivity index (χ2v) is 5.64. The number of aromatic hydroxyl groups is 1. The first kappa shape index (κ1) is 13.4. The Morgan fingerprint density at radius 1 is 1.05 bits per heavy atom. The smallest absolute Gasteiger partial charge is 0.262 e. The predicted molar refractivity (Wildman–Crippen MR) is 71.3 cm³/mol. The number of phenols is 1. The van der Waals surface area contributed by atoms with E-state index in [2.05, 4.69) is 4.72 Å². The second-order valence-electron chi connectivity index (χ2n) is 3.96. The Morgan fingerprint density at radius 2 is 1.74 bits per heavy atom. The highest BCUT2D eigenvalue weighted by molar-refractivity contribution is 7.92. The van der Waals surface area contributed by atoms with Gasteiger partial charge in [-0.3, -0.25) is 4.72 Å². The lowest BCUT2D eigenvalue weighted by molar-refractivity contribution is 0.282. The Kier molecular flexibility index (Phi) is 3.73. The van der Waals surface area contributed by atoms with Gasteiger partial charge in [-0.05, 0) is 29.8 Å². The summed E-state index contributed by atoms with van der Waals surface area (Å²) >= 11 is 0. The Balaban J connectivity index is 2.25. The molecule has 0 saturated heterocycles. The van der Waals surface area contributed by atoms with Crippen molar-refractivity contribution in [1.82, 2.24) is 0 Å². The fourth-order valence-corrected chi connectivity index (χ4v) is 2.64. The molecule has 100 valence electrons. The molecule has 0 aliphatic carbocycles. The summed E-state index contributed by atoms with van der Waals surface area (Å²) in [6, 6.07) is 11.8. The quantitative estimate of drug-likeness (QED) is 0.794. The standard InChI is InChI=1S/C13H13NO4S/c15-9-10-4-6-11(7-5-10)14-19(17,18)13-3-1-2-12(16)8-13/h1-8,14-16H,9H2. The van der Waals surface area contributed by atoms with Crippen LogP contribution in [0.1, 0.15) is 5.56 Å². The van der Waals surface area contributed by atoms with Crippen molar-refractivity contribution in [2.45, 2.75) is 11.5 Å². The summed E-state index contributed by atoms with van der Waals surface area (Å²) in [5, 5.41) is 18.2. The van der Waals surface area contributed by atoms with Crippen LogP contribution in [-0.4, -0.2) is 18.6 Å². The lowest BCUT2D eigenvalue weighted by Gasteiger charge is -2.08. The van der Waals surface area contributed by atoms with Crippen LogP contribution >= 0.6 is 0 Å². The molecule has 19 heavy (non-hydrogen) atoms. The van der Waals surface area contributed by atoms with E-state index in [1.165, 1.54) is 24.3 Å². The molecule has 0 amide bonds. The largest absolute Gasteiger partial charge is 0.508 e. The Hall–Kier alpha value is -2.05. The molecule has 0 spiro atoms. The summed E-state index contributed by atoms with van der Waals surface area (Å²) < 4.78 is 26.5. The van der Waals surface area contributed by atoms with Gasteiger partial charge in [0.15, 0.2) is 0 Å². The van der Waals surface area contributed by atoms with Gasteiger partial charge in [0.2, 0.25) is 0 Å². The van der Waals surface area contributed by atoms with E-state index in [0.717, 1.165) is 0 Å². The number of anilines is 1. The molecule has 0 aromatic heterocycles. The number of benzene rings is 2. The van der Waals surface area contributed by atoms with Crippen molar-refractivity contribution in [3.63, 3.8) is 0 Å². The van der Waals surface area contributed by atoms with Gasteiger partial charge in [0.25, 0.3) is 10.0 Å². The molecule has 0 unspecified atom stereocenters. The van der Waals surface area contributed by atoms with Crippen LogP contribution in [-0.2, 0) is 16.6 Å². The Labute approximate surface area is 111 Å². The minimum Gasteiger partial charge on any atom is -0.508 e. The van der Waals surface area contributed by atoms with Crippen molar-refractivity contribution in [1.29, 1.82) is 0 Å². The van der Waals surface area contributed by atoms with Gasteiger partial charge in [0.05, 0.1) is 11.5 Å². The molecular formula is C13H13NO4S. The van der Waals surface area contributed by atoms with Crippen LogP contribution in [0.15, 0.2) is 53.4 Å². The third kappa shape index (κ3) is 3.24. The zero-order valence-corrected chi connectivity index (χ0v) is 10.8. The van der Waals surface area contributed by atoms with Crippen LogP contribution < -0.4 is 4.72 Å². The molecule has 2 aromatic carbocycles. The van der Waals surface area contributed by atoms with Gasteiger partial charge in [0, 0.05) is 11.8 Å². The van der Waals surface area contributed by atoms with E-state index in [9.17, 15) is 13.5 Å². The van der Waals surface area contributed by atoms with Crippen molar-refractivity contribution in [2.24, 2.45) is 0 Å². The van der Waals surface area contributed by atoms with Crippen molar-refractivity contribution in [2.75, 3.05) is 4.72 Å². The molecule has 0 radical (unpaired) electrons. The average molecular weight is 279 g/mol. The lowest BCUT2D eigenvalue weighted by Crippen LogP contribution is -2.12. The number of aliphatic hydroxyl groups excluding tert-OH is 1. The van der Waals surface area contributed by atoms with Gasteiger partial charge in [-0.1, -0.05) is 18.2 Å². The van der Waals surface area contributed by atoms with E-state index in [-0.39, 0.29) is 17.3 Å². The van der Waals surface area contributed by atoms with E-state index in [0.29, 0.717) is 11.3 Å². The average Bonchev–Trinajstić information content (AvgIpc) is 2.39. The van der Waals surface area contributed by atoms with Crippen molar-refractivity contribution >= 4 is 15.7 Å². The summed E-state index contributed by atoms with van der Waals surface area (Å²) in [5.74, 6) is -0.112. The molecule has 0 aliphatic rings. The molecule has 2 rings (SSSR count). The molecule has 2 aromatic rings. The van der Waals surface area contributed by atoms with Crippen LogP contribution in [0.5, 0.6) is 5.75 Å². The molecule has 0 heterocycles. The molecule has 0 atom stereocenters. The number of phenolic OH excluding ortho intramolecular Hbond substituents is 1. The van der Waals surface area contributed by atoms with Gasteiger partial charge in [0.1, 0.15) is 5.75 Å². The lowest BCUT2D eigenvalue weighted by atomic mass is 10.2. The normalized spacial score (nSPS) is 11.2. The first-order valence-electron chi connectivity index (χ1n) is 5.53. The van der Waals surface area contributed by atoms with E-state index in [1.54, 1.807) is 24.3 Å². The minimum absolute atomic E-state index is 0.0151. The first-order valence-corrected chi connectivity index (χ1v) is 7.01. The van der Waals surface area contributed by atoms with Gasteiger partial charge in [-0.25, -0.2) is 8.42 Å². The third-order valence-corrected chi connectivity index (χ3v) is 3.90. The summed E-state index contributed by atoms with van der Waals surface area (Å²) in [4.78, 5) is -0.0151. The molecule has 6 heteroatoms. The molecule has 0 aliphatic heterocycles. The van der Waals surface area contributed by atoms with Gasteiger partial charge in [-0.2, -0.15) is 0 Å². The van der Waals surface area contributed by atoms with Gasteiger partial charge >= 0.3 is 0 Å². The van der Waals surface area contributed by atoms with Gasteiger partial charge < -0.3 is 10.2 Å². The van der Waals surface area contributed by atoms with Crippen LogP contribution in [0.2, 0.25) is 0 Å². The first-order chi connectivity index (χ1) is 9.01. The Morgan fingerprint density at radius 3 is 2.32 bits per heavy atom. The summed E-state index contributed by atoms with van der Waals surface area (Å²) in [7, 11) is -3.73. The highest BCUT2D eigenvalue weighted by atomic mass is 32.2. The van der Waals surface area contributed by atoms with E-state index in [4.69, 9.17) is 5.11 Å². The van der Waals surface area contributed by atoms with Crippen LogP contribution in [0.3, 0.4) is 0 Å². The number of nitrogens with one attached hydrogen (secondary N) is 1. The fourth-order valence-electron chi connectivity index (χ4n) is 1.54. The van der Waals surface area contributed by atoms with Crippen LogP contribution in [0, 0.1) is 0 Å². The summed E-state index contributed by atoms with van der Waals surface area (Å²) in [6.45, 7) is -0.0976. The van der Waals surface area contributed by atoms with E-state index in [1.807, 2.05) is 0 Å². The van der Waals surface area contributed by atoms with E-state index < -0.39 is 10.0 Å². The highest BCUT2D eigenvalue weighted by Gasteiger charge is 2.14. The van der Waals surface area contributed by atoms with Crippen molar-refractivity contribution in [3.8, 4) is 5.75 Å². The zero-order chi connectivity index (χ0) is 13.9. The molecule has 0 fully saturated rings. The minimum atomic E-state index is -3.73. The number of rotatable bonds is 4. The monoisotopic (exact) mass is 279 g/mol. The molecule has 3 N–H and O–H groups in total. The van der Waals surface area contributed by atoms with Crippen LogP contribution in [0.25, 0.3) is 0 Å². The predicted octanol–water partition coefficient (Wildman–Crippen LogP) is 1.69. The molecular weight excluding hydrogens is 266 g/mol. The second kappa shape index (κ2) is 5.29. The highest BCUT2D eigenvalue weighted by Crippen LogP contribution is 2.19. The van der Waals surface area contributed by atoms with Crippen LogP contribution in [0.4, 0.5) is 5.69 Å². The number of aliphatic hydroxyl groups is 1. The summed E-state index contributed by atoms with van der Waals surface area (Å²) in [5.41, 5.74) is 1.08. The third-order valence-electron chi connectivity index (χ3n) is 2.52. The van der Waals surface area contributed by atoms with Crippen molar-refractivity contribution < 1.29 is 18.6 Å². The molecule has 5 nitrogen and oxygen atoms in total. The maximum Gasteiger partial charge on any atom is 0.262 e. The SMILES string of the molecule is O=S(=O)(Nc1ccc(CO)cc1)c1cccc(O)c1. The maximum absolute atomic E-state index is 12.0.